The SMILES string of the molecule is C=CC(C)=CC1OCC2(C)CCC(=O)C(C)=C12. The lowest BCUT2D eigenvalue weighted by Crippen LogP contribution is -2.28. The van der Waals surface area contributed by atoms with E-state index in [1.165, 1.54) is 5.57 Å². The van der Waals surface area contributed by atoms with Crippen molar-refractivity contribution >= 4 is 5.78 Å². The Morgan fingerprint density at radius 2 is 2.29 bits per heavy atom. The van der Waals surface area contributed by atoms with Gasteiger partial charge in [-0.25, -0.2) is 0 Å². The van der Waals surface area contributed by atoms with Gasteiger partial charge in [-0.15, -0.1) is 0 Å². The van der Waals surface area contributed by atoms with Crippen LogP contribution in [0.5, 0.6) is 0 Å². The summed E-state index contributed by atoms with van der Waals surface area (Å²) in [5.41, 5.74) is 3.25. The van der Waals surface area contributed by atoms with Gasteiger partial charge in [0.2, 0.25) is 0 Å². The molecular formula is C15H20O2. The van der Waals surface area contributed by atoms with Gasteiger partial charge in [0.25, 0.3) is 0 Å². The zero-order valence-electron chi connectivity index (χ0n) is 10.9. The van der Waals surface area contributed by atoms with Crippen molar-refractivity contribution in [2.45, 2.75) is 39.7 Å². The normalized spacial score (nSPS) is 33.9. The molecule has 1 heterocycles. The van der Waals surface area contributed by atoms with E-state index in [0.29, 0.717) is 6.42 Å². The maximum absolute atomic E-state index is 11.8. The van der Waals surface area contributed by atoms with Gasteiger partial charge >= 0.3 is 0 Å². The Labute approximate surface area is 103 Å². The molecule has 2 aliphatic rings. The van der Waals surface area contributed by atoms with Gasteiger partial charge in [0.15, 0.2) is 5.78 Å². The maximum Gasteiger partial charge on any atom is 0.158 e. The summed E-state index contributed by atoms with van der Waals surface area (Å²) in [4.78, 5) is 11.8. The van der Waals surface area contributed by atoms with Crippen LogP contribution in [0.3, 0.4) is 0 Å². The highest BCUT2D eigenvalue weighted by molar-refractivity contribution is 5.97. The molecule has 1 aliphatic heterocycles. The van der Waals surface area contributed by atoms with E-state index in [1.54, 1.807) is 0 Å². The summed E-state index contributed by atoms with van der Waals surface area (Å²) in [6, 6.07) is 0. The molecular weight excluding hydrogens is 212 g/mol. The van der Waals surface area contributed by atoms with Crippen LogP contribution in [-0.4, -0.2) is 18.5 Å². The quantitative estimate of drug-likeness (QED) is 0.683. The molecule has 2 atom stereocenters. The molecule has 1 saturated heterocycles. The van der Waals surface area contributed by atoms with E-state index in [-0.39, 0.29) is 17.3 Å². The molecule has 17 heavy (non-hydrogen) atoms. The minimum absolute atomic E-state index is 0.0396. The number of carbonyl (C=O) groups is 1. The lowest BCUT2D eigenvalue weighted by atomic mass is 9.71. The second-order valence-corrected chi connectivity index (χ2v) is 5.37. The second-order valence-electron chi connectivity index (χ2n) is 5.37. The third-order valence-corrected chi connectivity index (χ3v) is 3.98. The van der Waals surface area contributed by atoms with Crippen molar-refractivity contribution in [3.8, 4) is 0 Å². The van der Waals surface area contributed by atoms with Crippen LogP contribution in [0.2, 0.25) is 0 Å². The van der Waals surface area contributed by atoms with Gasteiger partial charge < -0.3 is 4.74 Å². The highest BCUT2D eigenvalue weighted by Crippen LogP contribution is 2.47. The Bertz CT molecular complexity index is 428. The molecule has 0 amide bonds. The summed E-state index contributed by atoms with van der Waals surface area (Å²) < 4.78 is 5.86. The Balaban J connectivity index is 2.43. The number of ketones is 1. The van der Waals surface area contributed by atoms with E-state index in [0.717, 1.165) is 24.2 Å². The maximum atomic E-state index is 11.8. The van der Waals surface area contributed by atoms with Gasteiger partial charge in [-0.2, -0.15) is 0 Å². The first-order valence-corrected chi connectivity index (χ1v) is 6.15. The molecule has 0 aromatic rings. The molecule has 0 aromatic carbocycles. The van der Waals surface area contributed by atoms with Crippen LogP contribution in [0.15, 0.2) is 35.5 Å². The second kappa shape index (κ2) is 4.26. The fourth-order valence-corrected chi connectivity index (χ4v) is 2.82. The van der Waals surface area contributed by atoms with Crippen LogP contribution in [0.1, 0.15) is 33.6 Å². The van der Waals surface area contributed by atoms with Crippen LogP contribution < -0.4 is 0 Å². The van der Waals surface area contributed by atoms with E-state index in [9.17, 15) is 4.79 Å². The molecule has 0 radical (unpaired) electrons. The summed E-state index contributed by atoms with van der Waals surface area (Å²) in [6.07, 6.45) is 5.42. The van der Waals surface area contributed by atoms with E-state index in [4.69, 9.17) is 4.74 Å². The van der Waals surface area contributed by atoms with Gasteiger partial charge in [-0.3, -0.25) is 4.79 Å². The average molecular weight is 232 g/mol. The summed E-state index contributed by atoms with van der Waals surface area (Å²) >= 11 is 0. The van der Waals surface area contributed by atoms with Crippen LogP contribution >= 0.6 is 0 Å². The molecule has 0 saturated carbocycles. The van der Waals surface area contributed by atoms with Crippen LogP contribution in [-0.2, 0) is 9.53 Å². The summed E-state index contributed by atoms with van der Waals surface area (Å²) in [5, 5.41) is 0. The zero-order valence-corrected chi connectivity index (χ0v) is 10.9. The Morgan fingerprint density at radius 1 is 1.59 bits per heavy atom. The van der Waals surface area contributed by atoms with Crippen molar-refractivity contribution in [2.24, 2.45) is 5.41 Å². The molecule has 0 aromatic heterocycles. The first-order valence-electron chi connectivity index (χ1n) is 6.15. The fourth-order valence-electron chi connectivity index (χ4n) is 2.82. The van der Waals surface area contributed by atoms with Gasteiger partial charge in [0.05, 0.1) is 12.7 Å². The first kappa shape index (κ1) is 12.3. The predicted octanol–water partition coefficient (Wildman–Crippen LogP) is 3.20. The highest BCUT2D eigenvalue weighted by Gasteiger charge is 2.45. The van der Waals surface area contributed by atoms with Crippen LogP contribution in [0.4, 0.5) is 0 Å². The van der Waals surface area contributed by atoms with E-state index < -0.39 is 0 Å². The number of ether oxygens (including phenoxy) is 1. The highest BCUT2D eigenvalue weighted by atomic mass is 16.5. The first-order chi connectivity index (χ1) is 7.98. The predicted molar refractivity (Wildman–Crippen MR) is 68.7 cm³/mol. The molecule has 2 rings (SSSR count). The molecule has 0 N–H and O–H groups in total. The van der Waals surface area contributed by atoms with Crippen LogP contribution in [0.25, 0.3) is 0 Å². The Kier molecular flexibility index (Phi) is 3.09. The fraction of sp³-hybridized carbons (Fsp3) is 0.533. The molecule has 2 heteroatoms. The molecule has 0 bridgehead atoms. The lowest BCUT2D eigenvalue weighted by Gasteiger charge is -2.30. The standard InChI is InChI=1S/C15H20O2/c1-5-10(2)8-13-14-11(3)12(16)6-7-15(14,4)9-17-13/h5,8,13H,1,6-7,9H2,2-4H3. The van der Waals surface area contributed by atoms with Crippen molar-refractivity contribution in [3.05, 3.63) is 35.5 Å². The molecule has 2 unspecified atom stereocenters. The summed E-state index contributed by atoms with van der Waals surface area (Å²) in [6.45, 7) is 10.6. The van der Waals surface area contributed by atoms with E-state index >= 15 is 0 Å². The number of hydrogen-bond donors (Lipinski definition) is 0. The van der Waals surface area contributed by atoms with Crippen molar-refractivity contribution in [3.63, 3.8) is 0 Å². The van der Waals surface area contributed by atoms with E-state index in [1.807, 2.05) is 19.9 Å². The third-order valence-electron chi connectivity index (χ3n) is 3.98. The van der Waals surface area contributed by atoms with Crippen molar-refractivity contribution in [2.75, 3.05) is 6.61 Å². The molecule has 92 valence electrons. The van der Waals surface area contributed by atoms with E-state index in [2.05, 4.69) is 19.6 Å². The number of carbonyl (C=O) groups excluding carboxylic acids is 1. The van der Waals surface area contributed by atoms with Gasteiger partial charge in [-0.05, 0) is 37.5 Å². The van der Waals surface area contributed by atoms with Gasteiger partial charge in [-0.1, -0.05) is 25.2 Å². The number of Topliss-reactive ketones (excluding diaryl/α,β-unsaturated/α-hetero) is 1. The number of allylic oxidation sites excluding steroid dienone is 3. The zero-order chi connectivity index (χ0) is 12.6. The van der Waals surface area contributed by atoms with Crippen molar-refractivity contribution in [1.29, 1.82) is 0 Å². The van der Waals surface area contributed by atoms with Gasteiger partial charge in [0, 0.05) is 11.8 Å². The third kappa shape index (κ3) is 2.02. The number of fused-ring (bicyclic) bond motifs is 1. The monoisotopic (exact) mass is 232 g/mol. The lowest BCUT2D eigenvalue weighted by molar-refractivity contribution is -0.116. The largest absolute Gasteiger partial charge is 0.369 e. The Morgan fingerprint density at radius 3 is 2.94 bits per heavy atom. The average Bonchev–Trinajstić information content (AvgIpc) is 2.63. The van der Waals surface area contributed by atoms with Crippen molar-refractivity contribution < 1.29 is 9.53 Å². The minimum Gasteiger partial charge on any atom is -0.369 e. The number of rotatable bonds is 2. The summed E-state index contributed by atoms with van der Waals surface area (Å²) in [7, 11) is 0. The van der Waals surface area contributed by atoms with Crippen LogP contribution in [0, 0.1) is 5.41 Å². The van der Waals surface area contributed by atoms with Crippen molar-refractivity contribution in [1.82, 2.24) is 0 Å². The molecule has 1 aliphatic carbocycles. The molecule has 0 spiro atoms. The summed E-state index contributed by atoms with van der Waals surface area (Å²) in [5.74, 6) is 0.276. The molecule has 1 fully saturated rings. The Hall–Kier alpha value is -1.15. The smallest absolute Gasteiger partial charge is 0.158 e. The van der Waals surface area contributed by atoms with Gasteiger partial charge in [0.1, 0.15) is 0 Å². The number of hydrogen-bond acceptors (Lipinski definition) is 2. The molecule has 2 nitrogen and oxygen atoms in total. The topological polar surface area (TPSA) is 26.3 Å². The minimum atomic E-state index is -0.0396.